The van der Waals surface area contributed by atoms with Crippen molar-refractivity contribution >= 4 is 23.4 Å². The van der Waals surface area contributed by atoms with Crippen LogP contribution in [0.5, 0.6) is 0 Å². The summed E-state index contributed by atoms with van der Waals surface area (Å²) < 4.78 is 10.7. The first-order chi connectivity index (χ1) is 10.1. The Morgan fingerprint density at radius 1 is 1.38 bits per heavy atom. The molecule has 0 aliphatic heterocycles. The van der Waals surface area contributed by atoms with Gasteiger partial charge in [0, 0.05) is 30.1 Å². The third-order valence-corrected chi connectivity index (χ3v) is 4.22. The smallest absolute Gasteiger partial charge is 0.261 e. The predicted molar refractivity (Wildman–Crippen MR) is 85.1 cm³/mol. The Kier molecular flexibility index (Phi) is 6.11. The molecule has 0 atom stereocenters. The van der Waals surface area contributed by atoms with E-state index in [1.54, 1.807) is 7.11 Å². The van der Waals surface area contributed by atoms with Crippen LogP contribution in [0.3, 0.4) is 0 Å². The minimum absolute atomic E-state index is 0.644. The highest BCUT2D eigenvalue weighted by Crippen LogP contribution is 2.32. The number of ether oxygens (including phenoxy) is 1. The third-order valence-electron chi connectivity index (χ3n) is 3.03. The number of aryl methyl sites for hydroxylation is 2. The molecule has 0 saturated carbocycles. The van der Waals surface area contributed by atoms with E-state index >= 15 is 0 Å². The summed E-state index contributed by atoms with van der Waals surface area (Å²) in [7, 11) is 1.69. The van der Waals surface area contributed by atoms with E-state index in [4.69, 9.17) is 20.8 Å². The highest BCUT2D eigenvalue weighted by Gasteiger charge is 2.11. The Balaban J connectivity index is 2.11. The molecule has 0 radical (unpaired) electrons. The third kappa shape index (κ3) is 4.74. The van der Waals surface area contributed by atoms with Gasteiger partial charge in [-0.05, 0) is 43.3 Å². The molecule has 1 N–H and O–H groups in total. The fraction of sp³-hybridized carbons (Fsp3) is 0.400. The van der Waals surface area contributed by atoms with E-state index < -0.39 is 0 Å². The second-order valence-electron chi connectivity index (χ2n) is 4.65. The zero-order chi connectivity index (χ0) is 15.2. The van der Waals surface area contributed by atoms with Gasteiger partial charge < -0.3 is 14.5 Å². The molecular formula is C15H19ClN2O2S. The quantitative estimate of drug-likeness (QED) is 0.783. The van der Waals surface area contributed by atoms with Gasteiger partial charge >= 0.3 is 0 Å². The normalized spacial score (nSPS) is 11.0. The van der Waals surface area contributed by atoms with E-state index in [9.17, 15) is 0 Å². The number of methoxy groups -OCH3 is 1. The number of nitrogens with one attached hydrogen (secondary N) is 1. The first kappa shape index (κ1) is 16.4. The average Bonchev–Trinajstić information content (AvgIpc) is 2.75. The van der Waals surface area contributed by atoms with Gasteiger partial charge in [0.25, 0.3) is 5.22 Å². The van der Waals surface area contributed by atoms with Crippen LogP contribution in [-0.4, -0.2) is 25.2 Å². The molecule has 0 bridgehead atoms. The van der Waals surface area contributed by atoms with Gasteiger partial charge in [0.15, 0.2) is 0 Å². The Hall–Kier alpha value is -1.01. The average molecular weight is 327 g/mol. The standard InChI is InChI=1S/C15H19ClN2O2S/c1-10-11(2)20-15(18-10)21-14-8-13(16)5-4-12(14)9-17-6-7-19-3/h4-5,8,17H,6-7,9H2,1-3H3. The topological polar surface area (TPSA) is 47.3 Å². The summed E-state index contributed by atoms with van der Waals surface area (Å²) >= 11 is 7.59. The minimum Gasteiger partial charge on any atom is -0.436 e. The van der Waals surface area contributed by atoms with Gasteiger partial charge in [0.05, 0.1) is 12.3 Å². The van der Waals surface area contributed by atoms with Gasteiger partial charge in [0.1, 0.15) is 5.76 Å². The zero-order valence-corrected chi connectivity index (χ0v) is 14.0. The lowest BCUT2D eigenvalue weighted by Gasteiger charge is -2.09. The molecule has 2 rings (SSSR count). The van der Waals surface area contributed by atoms with Gasteiger partial charge in [-0.15, -0.1) is 0 Å². The summed E-state index contributed by atoms with van der Waals surface area (Å²) in [5.74, 6) is 0.847. The molecule has 0 aliphatic carbocycles. The van der Waals surface area contributed by atoms with Crippen LogP contribution in [-0.2, 0) is 11.3 Å². The maximum atomic E-state index is 6.10. The van der Waals surface area contributed by atoms with Crippen LogP contribution in [0.1, 0.15) is 17.0 Å². The molecule has 1 aromatic carbocycles. The Labute approximate surface area is 134 Å². The lowest BCUT2D eigenvalue weighted by molar-refractivity contribution is 0.199. The molecule has 0 aliphatic rings. The number of nitrogens with zero attached hydrogens (tertiary/aromatic N) is 1. The van der Waals surface area contributed by atoms with Gasteiger partial charge in [-0.25, -0.2) is 4.98 Å². The monoisotopic (exact) mass is 326 g/mol. The van der Waals surface area contributed by atoms with Crippen molar-refractivity contribution in [3.8, 4) is 0 Å². The van der Waals surface area contributed by atoms with Crippen LogP contribution < -0.4 is 5.32 Å². The molecule has 0 fully saturated rings. The van der Waals surface area contributed by atoms with Crippen molar-refractivity contribution in [1.82, 2.24) is 10.3 Å². The molecule has 21 heavy (non-hydrogen) atoms. The van der Waals surface area contributed by atoms with Crippen molar-refractivity contribution in [3.05, 3.63) is 40.2 Å². The zero-order valence-electron chi connectivity index (χ0n) is 12.4. The molecule has 0 spiro atoms. The van der Waals surface area contributed by atoms with E-state index in [-0.39, 0.29) is 0 Å². The van der Waals surface area contributed by atoms with E-state index in [1.807, 2.05) is 32.0 Å². The molecule has 2 aromatic rings. The number of benzene rings is 1. The summed E-state index contributed by atoms with van der Waals surface area (Å²) in [6.45, 7) is 6.10. The number of hydrogen-bond donors (Lipinski definition) is 1. The molecule has 114 valence electrons. The van der Waals surface area contributed by atoms with Crippen molar-refractivity contribution < 1.29 is 9.15 Å². The molecule has 4 nitrogen and oxygen atoms in total. The van der Waals surface area contributed by atoms with Crippen molar-refractivity contribution in [2.45, 2.75) is 30.5 Å². The lowest BCUT2D eigenvalue weighted by atomic mass is 10.2. The molecular weight excluding hydrogens is 308 g/mol. The van der Waals surface area contributed by atoms with Gasteiger partial charge in [-0.3, -0.25) is 0 Å². The predicted octanol–water partition coefficient (Wildman–Crippen LogP) is 3.83. The summed E-state index contributed by atoms with van der Waals surface area (Å²) in [5.41, 5.74) is 2.08. The van der Waals surface area contributed by atoms with Crippen LogP contribution in [0.4, 0.5) is 0 Å². The van der Waals surface area contributed by atoms with E-state index in [0.29, 0.717) is 16.9 Å². The Morgan fingerprint density at radius 3 is 2.86 bits per heavy atom. The van der Waals surface area contributed by atoms with Crippen LogP contribution in [0.15, 0.2) is 32.7 Å². The van der Waals surface area contributed by atoms with Gasteiger partial charge in [0.2, 0.25) is 0 Å². The molecule has 1 aromatic heterocycles. The SMILES string of the molecule is COCCNCc1ccc(Cl)cc1Sc1nc(C)c(C)o1. The van der Waals surface area contributed by atoms with Crippen LogP contribution in [0.2, 0.25) is 5.02 Å². The highest BCUT2D eigenvalue weighted by atomic mass is 35.5. The number of oxazole rings is 1. The van der Waals surface area contributed by atoms with Gasteiger partial charge in [-0.2, -0.15) is 0 Å². The van der Waals surface area contributed by atoms with Crippen LogP contribution in [0, 0.1) is 13.8 Å². The second-order valence-corrected chi connectivity index (χ2v) is 6.07. The summed E-state index contributed by atoms with van der Waals surface area (Å²) in [6, 6.07) is 5.85. The lowest BCUT2D eigenvalue weighted by Crippen LogP contribution is -2.18. The highest BCUT2D eigenvalue weighted by molar-refractivity contribution is 7.99. The Bertz CT molecular complexity index is 582. The summed E-state index contributed by atoms with van der Waals surface area (Å²) in [4.78, 5) is 5.45. The molecule has 6 heteroatoms. The number of hydrogen-bond acceptors (Lipinski definition) is 5. The number of aromatic nitrogens is 1. The van der Waals surface area contributed by atoms with Crippen molar-refractivity contribution in [1.29, 1.82) is 0 Å². The van der Waals surface area contributed by atoms with E-state index in [1.165, 1.54) is 11.8 Å². The summed E-state index contributed by atoms with van der Waals surface area (Å²) in [6.07, 6.45) is 0. The fourth-order valence-electron chi connectivity index (χ4n) is 1.75. The van der Waals surface area contributed by atoms with Crippen molar-refractivity contribution in [2.75, 3.05) is 20.3 Å². The fourth-order valence-corrected chi connectivity index (χ4v) is 2.98. The first-order valence-corrected chi connectivity index (χ1v) is 7.89. The second kappa shape index (κ2) is 7.84. The van der Waals surface area contributed by atoms with Crippen molar-refractivity contribution in [3.63, 3.8) is 0 Å². The van der Waals surface area contributed by atoms with E-state index in [0.717, 1.165) is 35.0 Å². The number of rotatable bonds is 7. The number of halogens is 1. The van der Waals surface area contributed by atoms with Crippen LogP contribution >= 0.6 is 23.4 Å². The van der Waals surface area contributed by atoms with Crippen LogP contribution in [0.25, 0.3) is 0 Å². The molecule has 0 unspecified atom stereocenters. The first-order valence-electron chi connectivity index (χ1n) is 6.70. The molecule has 0 amide bonds. The minimum atomic E-state index is 0.644. The van der Waals surface area contributed by atoms with E-state index in [2.05, 4.69) is 10.3 Å². The largest absolute Gasteiger partial charge is 0.436 e. The van der Waals surface area contributed by atoms with Gasteiger partial charge in [-0.1, -0.05) is 17.7 Å². The van der Waals surface area contributed by atoms with Crippen molar-refractivity contribution in [2.24, 2.45) is 0 Å². The molecule has 1 heterocycles. The Morgan fingerprint density at radius 2 is 2.19 bits per heavy atom. The molecule has 0 saturated heterocycles. The summed E-state index contributed by atoms with van der Waals surface area (Å²) in [5, 5.41) is 4.68. The maximum Gasteiger partial charge on any atom is 0.261 e. The maximum absolute atomic E-state index is 6.10.